The molecule has 0 saturated carbocycles. The standard InChI is InChI=1S/C13H21N5O/c1-9(2)12-10-7-18(8-11(10)15-16-12)13(19)17-5-3-14-4-6-17/h9,14H,3-8H2,1-2H3,(H,15,16). The number of aromatic nitrogens is 2. The molecule has 0 unspecified atom stereocenters. The second kappa shape index (κ2) is 4.85. The fourth-order valence-electron chi connectivity index (χ4n) is 2.83. The minimum absolute atomic E-state index is 0.154. The number of hydrogen-bond acceptors (Lipinski definition) is 3. The maximum atomic E-state index is 12.4. The van der Waals surface area contributed by atoms with Gasteiger partial charge in [-0.1, -0.05) is 13.8 Å². The monoisotopic (exact) mass is 263 g/mol. The van der Waals surface area contributed by atoms with Gasteiger partial charge in [-0.05, 0) is 5.92 Å². The van der Waals surface area contributed by atoms with Gasteiger partial charge in [-0.2, -0.15) is 5.10 Å². The van der Waals surface area contributed by atoms with Crippen LogP contribution in [0.5, 0.6) is 0 Å². The van der Waals surface area contributed by atoms with Gasteiger partial charge in [-0.3, -0.25) is 5.10 Å². The molecule has 1 fully saturated rings. The number of carbonyl (C=O) groups is 1. The first kappa shape index (κ1) is 12.5. The number of carbonyl (C=O) groups excluding carboxylic acids is 1. The van der Waals surface area contributed by atoms with Crippen LogP contribution in [0.15, 0.2) is 0 Å². The molecule has 6 heteroatoms. The Bertz CT molecular complexity index is 475. The van der Waals surface area contributed by atoms with Crippen molar-refractivity contribution in [3.05, 3.63) is 17.0 Å². The van der Waals surface area contributed by atoms with Crippen molar-refractivity contribution in [3.63, 3.8) is 0 Å². The molecule has 2 aliphatic heterocycles. The lowest BCUT2D eigenvalue weighted by Gasteiger charge is -2.31. The summed E-state index contributed by atoms with van der Waals surface area (Å²) in [6.45, 7) is 9.03. The summed E-state index contributed by atoms with van der Waals surface area (Å²) in [5.41, 5.74) is 3.43. The van der Waals surface area contributed by atoms with Crippen LogP contribution in [0, 0.1) is 0 Å². The quantitative estimate of drug-likeness (QED) is 0.790. The average molecular weight is 263 g/mol. The van der Waals surface area contributed by atoms with Gasteiger partial charge in [0.25, 0.3) is 0 Å². The Labute approximate surface area is 113 Å². The molecular weight excluding hydrogens is 242 g/mol. The minimum Gasteiger partial charge on any atom is -0.322 e. The number of aromatic amines is 1. The van der Waals surface area contributed by atoms with Crippen molar-refractivity contribution in [2.75, 3.05) is 26.2 Å². The Balaban J connectivity index is 1.71. The fraction of sp³-hybridized carbons (Fsp3) is 0.692. The summed E-state index contributed by atoms with van der Waals surface area (Å²) < 4.78 is 0. The number of hydrogen-bond donors (Lipinski definition) is 2. The largest absolute Gasteiger partial charge is 0.322 e. The summed E-state index contributed by atoms with van der Waals surface area (Å²) in [6, 6.07) is 0.154. The molecule has 0 aromatic carbocycles. The number of nitrogens with zero attached hydrogens (tertiary/aromatic N) is 3. The van der Waals surface area contributed by atoms with E-state index in [-0.39, 0.29) is 6.03 Å². The van der Waals surface area contributed by atoms with Gasteiger partial charge in [0.15, 0.2) is 0 Å². The molecule has 3 heterocycles. The normalized spacial score (nSPS) is 19.1. The molecular formula is C13H21N5O. The Morgan fingerprint density at radius 2 is 1.95 bits per heavy atom. The van der Waals surface area contributed by atoms with Gasteiger partial charge in [0.1, 0.15) is 0 Å². The van der Waals surface area contributed by atoms with Crippen LogP contribution < -0.4 is 5.32 Å². The van der Waals surface area contributed by atoms with E-state index in [0.717, 1.165) is 37.6 Å². The number of urea groups is 1. The second-order valence-electron chi connectivity index (χ2n) is 5.60. The second-order valence-corrected chi connectivity index (χ2v) is 5.60. The van der Waals surface area contributed by atoms with E-state index in [1.807, 2.05) is 9.80 Å². The van der Waals surface area contributed by atoms with E-state index < -0.39 is 0 Å². The van der Waals surface area contributed by atoms with Gasteiger partial charge >= 0.3 is 6.03 Å². The number of rotatable bonds is 1. The third kappa shape index (κ3) is 2.20. The van der Waals surface area contributed by atoms with Crippen molar-refractivity contribution >= 4 is 6.03 Å². The highest BCUT2D eigenvalue weighted by atomic mass is 16.2. The molecule has 104 valence electrons. The third-order valence-electron chi connectivity index (χ3n) is 3.89. The number of fused-ring (bicyclic) bond motifs is 1. The molecule has 1 aromatic heterocycles. The van der Waals surface area contributed by atoms with E-state index in [2.05, 4.69) is 29.4 Å². The maximum Gasteiger partial charge on any atom is 0.320 e. The molecule has 2 amide bonds. The molecule has 19 heavy (non-hydrogen) atoms. The van der Waals surface area contributed by atoms with E-state index in [9.17, 15) is 4.79 Å². The van der Waals surface area contributed by atoms with Crippen LogP contribution in [-0.4, -0.2) is 52.2 Å². The zero-order valence-electron chi connectivity index (χ0n) is 11.6. The predicted molar refractivity (Wildman–Crippen MR) is 71.8 cm³/mol. The van der Waals surface area contributed by atoms with Crippen LogP contribution in [0.4, 0.5) is 4.79 Å². The highest BCUT2D eigenvalue weighted by molar-refractivity contribution is 5.75. The number of nitrogens with one attached hydrogen (secondary N) is 2. The summed E-state index contributed by atoms with van der Waals surface area (Å²) in [4.78, 5) is 16.3. The van der Waals surface area contributed by atoms with E-state index in [4.69, 9.17) is 0 Å². The SMILES string of the molecule is CC(C)c1n[nH]c2c1CN(C(=O)N1CCNCC1)C2. The van der Waals surface area contributed by atoms with Crippen molar-refractivity contribution in [1.29, 1.82) is 0 Å². The molecule has 2 aliphatic rings. The lowest BCUT2D eigenvalue weighted by molar-refractivity contribution is 0.146. The van der Waals surface area contributed by atoms with E-state index in [0.29, 0.717) is 19.0 Å². The van der Waals surface area contributed by atoms with E-state index >= 15 is 0 Å². The van der Waals surface area contributed by atoms with Gasteiger partial charge in [-0.15, -0.1) is 0 Å². The van der Waals surface area contributed by atoms with Crippen molar-refractivity contribution in [2.24, 2.45) is 0 Å². The van der Waals surface area contributed by atoms with Crippen molar-refractivity contribution < 1.29 is 4.79 Å². The Morgan fingerprint density at radius 1 is 1.21 bits per heavy atom. The average Bonchev–Trinajstić information content (AvgIpc) is 2.98. The molecule has 0 radical (unpaired) electrons. The van der Waals surface area contributed by atoms with Crippen LogP contribution in [0.3, 0.4) is 0 Å². The van der Waals surface area contributed by atoms with Crippen molar-refractivity contribution in [3.8, 4) is 0 Å². The summed E-state index contributed by atoms with van der Waals surface area (Å²) in [5, 5.41) is 10.7. The zero-order valence-corrected chi connectivity index (χ0v) is 11.6. The van der Waals surface area contributed by atoms with Crippen LogP contribution in [-0.2, 0) is 13.1 Å². The van der Waals surface area contributed by atoms with E-state index in [1.165, 1.54) is 5.56 Å². The minimum atomic E-state index is 0.154. The molecule has 1 aromatic rings. The van der Waals surface area contributed by atoms with Crippen LogP contribution in [0.25, 0.3) is 0 Å². The lowest BCUT2D eigenvalue weighted by atomic mass is 10.1. The van der Waals surface area contributed by atoms with Gasteiger partial charge in [0, 0.05) is 31.7 Å². The molecule has 0 bridgehead atoms. The number of H-pyrrole nitrogens is 1. The Morgan fingerprint density at radius 3 is 2.63 bits per heavy atom. The summed E-state index contributed by atoms with van der Waals surface area (Å²) in [5.74, 6) is 0.397. The predicted octanol–water partition coefficient (Wildman–Crippen LogP) is 0.874. The highest BCUT2D eigenvalue weighted by Gasteiger charge is 2.31. The van der Waals surface area contributed by atoms with Gasteiger partial charge in [0.2, 0.25) is 0 Å². The first-order valence-electron chi connectivity index (χ1n) is 6.97. The molecule has 0 atom stereocenters. The highest BCUT2D eigenvalue weighted by Crippen LogP contribution is 2.28. The van der Waals surface area contributed by atoms with Crippen LogP contribution >= 0.6 is 0 Å². The van der Waals surface area contributed by atoms with Crippen molar-refractivity contribution in [1.82, 2.24) is 25.3 Å². The third-order valence-corrected chi connectivity index (χ3v) is 3.89. The van der Waals surface area contributed by atoms with Gasteiger partial charge in [-0.25, -0.2) is 4.79 Å². The van der Waals surface area contributed by atoms with E-state index in [1.54, 1.807) is 0 Å². The topological polar surface area (TPSA) is 64.3 Å². The zero-order chi connectivity index (χ0) is 13.4. The number of amides is 2. The number of piperazine rings is 1. The van der Waals surface area contributed by atoms with Gasteiger partial charge < -0.3 is 15.1 Å². The summed E-state index contributed by atoms with van der Waals surface area (Å²) in [7, 11) is 0. The Hall–Kier alpha value is -1.56. The first-order valence-corrected chi connectivity index (χ1v) is 6.97. The molecule has 0 aliphatic carbocycles. The molecule has 6 nitrogen and oxygen atoms in total. The maximum absolute atomic E-state index is 12.4. The smallest absolute Gasteiger partial charge is 0.320 e. The molecule has 0 spiro atoms. The summed E-state index contributed by atoms with van der Waals surface area (Å²) >= 11 is 0. The Kier molecular flexibility index (Phi) is 3.18. The summed E-state index contributed by atoms with van der Waals surface area (Å²) in [6.07, 6.45) is 0. The van der Waals surface area contributed by atoms with Crippen molar-refractivity contribution in [2.45, 2.75) is 32.9 Å². The van der Waals surface area contributed by atoms with Crippen LogP contribution in [0.1, 0.15) is 36.7 Å². The molecule has 3 rings (SSSR count). The van der Waals surface area contributed by atoms with Crippen LogP contribution in [0.2, 0.25) is 0 Å². The van der Waals surface area contributed by atoms with Gasteiger partial charge in [0.05, 0.1) is 24.5 Å². The first-order chi connectivity index (χ1) is 9.16. The molecule has 1 saturated heterocycles. The molecule has 2 N–H and O–H groups in total. The lowest BCUT2D eigenvalue weighted by Crippen LogP contribution is -2.50. The fourth-order valence-corrected chi connectivity index (χ4v) is 2.83.